The fourth-order valence-corrected chi connectivity index (χ4v) is 5.16. The highest BCUT2D eigenvalue weighted by Gasteiger charge is 2.51. The Kier molecular flexibility index (Phi) is 9.41. The molecule has 0 bridgehead atoms. The third kappa shape index (κ3) is 7.23. The predicted octanol–water partition coefficient (Wildman–Crippen LogP) is 3.10. The van der Waals surface area contributed by atoms with Crippen LogP contribution in [0.3, 0.4) is 0 Å². The van der Waals surface area contributed by atoms with Gasteiger partial charge in [-0.3, -0.25) is 19.3 Å². The van der Waals surface area contributed by atoms with Crippen LogP contribution in [0.25, 0.3) is 0 Å². The largest absolute Gasteiger partial charge is 0.444 e. The number of nitrogens with one attached hydrogen (secondary N) is 1. The van der Waals surface area contributed by atoms with E-state index < -0.39 is 84.3 Å². The van der Waals surface area contributed by atoms with Gasteiger partial charge < -0.3 is 25.6 Å². The van der Waals surface area contributed by atoms with Crippen molar-refractivity contribution in [3.63, 3.8) is 0 Å². The zero-order chi connectivity index (χ0) is 32.4. The molecule has 2 aromatic carbocycles. The van der Waals surface area contributed by atoms with Gasteiger partial charge in [0.25, 0.3) is 0 Å². The summed E-state index contributed by atoms with van der Waals surface area (Å²) in [6, 6.07) is 7.28. The number of nitrogens with two attached hydrogens (primary N) is 1. The van der Waals surface area contributed by atoms with Crippen LogP contribution < -0.4 is 11.1 Å². The molecule has 2 fully saturated rings. The van der Waals surface area contributed by atoms with Crippen molar-refractivity contribution in [3.8, 4) is 0 Å². The molecule has 3 atom stereocenters. The molecule has 0 aromatic heterocycles. The third-order valence-corrected chi connectivity index (χ3v) is 7.25. The summed E-state index contributed by atoms with van der Waals surface area (Å²) < 4.78 is 85.1. The van der Waals surface area contributed by atoms with E-state index in [1.807, 2.05) is 0 Å². The molecule has 2 saturated heterocycles. The molecular weight excluding hydrogens is 600 g/mol. The molecule has 2 heterocycles. The number of hydrogen-bond donors (Lipinski definition) is 2. The first-order chi connectivity index (χ1) is 20.6. The van der Waals surface area contributed by atoms with Gasteiger partial charge in [0.2, 0.25) is 17.7 Å². The van der Waals surface area contributed by atoms with Crippen molar-refractivity contribution in [1.29, 1.82) is 0 Å². The number of carbonyl (C=O) groups is 4. The summed E-state index contributed by atoms with van der Waals surface area (Å²) in [5, 5.41) is 2.46. The minimum absolute atomic E-state index is 0.0366. The quantitative estimate of drug-likeness (QED) is 0.454. The number of alkyl halides is 6. The van der Waals surface area contributed by atoms with Gasteiger partial charge in [0.15, 0.2) is 0 Å². The third-order valence-electron chi connectivity index (χ3n) is 7.25. The Balaban J connectivity index is 1.62. The minimum Gasteiger partial charge on any atom is -0.444 e. The SMILES string of the molecule is C[C@H]1C(=O)N(Cc2ccccc2)C[C@@H]2N(C(=O)OCc3cc(C(F)(F)F)cc(C(F)(F)F)c3)C[C@H](NC(=O)CCN)C(=O)N21. The van der Waals surface area contributed by atoms with Crippen LogP contribution in [0.15, 0.2) is 48.5 Å². The summed E-state index contributed by atoms with van der Waals surface area (Å²) in [4.78, 5) is 56.0. The smallest absolute Gasteiger partial charge is 0.416 e. The predicted molar refractivity (Wildman–Crippen MR) is 141 cm³/mol. The Labute approximate surface area is 247 Å². The van der Waals surface area contributed by atoms with Gasteiger partial charge in [-0.2, -0.15) is 26.3 Å². The highest BCUT2D eigenvalue weighted by Crippen LogP contribution is 2.36. The molecule has 3 N–H and O–H groups in total. The first-order valence-corrected chi connectivity index (χ1v) is 13.5. The van der Waals surface area contributed by atoms with Crippen LogP contribution in [0.4, 0.5) is 31.1 Å². The fraction of sp³-hybridized carbons (Fsp3) is 0.429. The lowest BCUT2D eigenvalue weighted by Gasteiger charge is -2.52. The Morgan fingerprint density at radius 1 is 0.932 bits per heavy atom. The number of nitrogens with zero attached hydrogens (tertiary/aromatic N) is 3. The van der Waals surface area contributed by atoms with E-state index in [2.05, 4.69) is 5.32 Å². The average molecular weight is 630 g/mol. The van der Waals surface area contributed by atoms with Gasteiger partial charge in [-0.1, -0.05) is 30.3 Å². The van der Waals surface area contributed by atoms with Crippen LogP contribution in [-0.2, 0) is 44.6 Å². The van der Waals surface area contributed by atoms with Crippen molar-refractivity contribution in [2.24, 2.45) is 5.73 Å². The highest BCUT2D eigenvalue weighted by molar-refractivity contribution is 5.94. The lowest BCUT2D eigenvalue weighted by atomic mass is 10.0. The molecule has 4 rings (SSSR count). The molecule has 0 spiro atoms. The van der Waals surface area contributed by atoms with Crippen LogP contribution in [0.2, 0.25) is 0 Å². The van der Waals surface area contributed by atoms with Crippen LogP contribution in [0, 0.1) is 0 Å². The van der Waals surface area contributed by atoms with E-state index in [0.29, 0.717) is 12.1 Å². The topological polar surface area (TPSA) is 125 Å². The number of fused-ring (bicyclic) bond motifs is 1. The van der Waals surface area contributed by atoms with E-state index in [1.54, 1.807) is 30.3 Å². The normalized spacial score (nSPS) is 20.8. The Morgan fingerprint density at radius 2 is 1.55 bits per heavy atom. The molecule has 2 aromatic rings. The Bertz CT molecular complexity index is 1370. The number of halogens is 6. The monoisotopic (exact) mass is 629 g/mol. The van der Waals surface area contributed by atoms with Crippen molar-refractivity contribution < 1.29 is 50.3 Å². The summed E-state index contributed by atoms with van der Waals surface area (Å²) in [7, 11) is 0. The number of benzene rings is 2. The number of piperazine rings is 1. The molecular formula is C28H29F6N5O5. The fourth-order valence-electron chi connectivity index (χ4n) is 5.16. The van der Waals surface area contributed by atoms with Gasteiger partial charge in [-0.15, -0.1) is 0 Å². The summed E-state index contributed by atoms with van der Waals surface area (Å²) >= 11 is 0. The van der Waals surface area contributed by atoms with Gasteiger partial charge in [0, 0.05) is 19.5 Å². The summed E-state index contributed by atoms with van der Waals surface area (Å²) in [5.74, 6) is -1.70. The molecule has 0 aliphatic carbocycles. The van der Waals surface area contributed by atoms with E-state index in [4.69, 9.17) is 10.5 Å². The van der Waals surface area contributed by atoms with Crippen LogP contribution >= 0.6 is 0 Å². The molecule has 10 nitrogen and oxygen atoms in total. The van der Waals surface area contributed by atoms with Gasteiger partial charge in [0.05, 0.1) is 24.2 Å². The molecule has 0 saturated carbocycles. The number of carbonyl (C=O) groups excluding carboxylic acids is 4. The van der Waals surface area contributed by atoms with E-state index in [0.717, 1.165) is 15.4 Å². The van der Waals surface area contributed by atoms with Crippen molar-refractivity contribution in [2.45, 2.75) is 57.1 Å². The first-order valence-electron chi connectivity index (χ1n) is 13.5. The van der Waals surface area contributed by atoms with E-state index >= 15 is 0 Å². The summed E-state index contributed by atoms with van der Waals surface area (Å²) in [6.07, 6.45) is -12.6. The van der Waals surface area contributed by atoms with Crippen LogP contribution in [0.5, 0.6) is 0 Å². The van der Waals surface area contributed by atoms with Crippen LogP contribution in [0.1, 0.15) is 35.6 Å². The second-order valence-corrected chi connectivity index (χ2v) is 10.4. The number of amides is 4. The van der Waals surface area contributed by atoms with Gasteiger partial charge >= 0.3 is 18.4 Å². The maximum absolute atomic E-state index is 13.4. The average Bonchev–Trinajstić information content (AvgIpc) is 2.95. The Morgan fingerprint density at radius 3 is 2.11 bits per heavy atom. The highest BCUT2D eigenvalue weighted by atomic mass is 19.4. The van der Waals surface area contributed by atoms with Crippen LogP contribution in [-0.4, -0.2) is 76.4 Å². The van der Waals surface area contributed by atoms with Crippen molar-refractivity contribution in [2.75, 3.05) is 19.6 Å². The van der Waals surface area contributed by atoms with Gasteiger partial charge in [0.1, 0.15) is 24.9 Å². The first kappa shape index (κ1) is 32.6. The van der Waals surface area contributed by atoms with E-state index in [-0.39, 0.29) is 32.1 Å². The molecule has 0 radical (unpaired) electrons. The zero-order valence-electron chi connectivity index (χ0n) is 23.3. The Hall–Kier alpha value is -4.34. The zero-order valence-corrected chi connectivity index (χ0v) is 23.3. The second-order valence-electron chi connectivity index (χ2n) is 10.4. The maximum atomic E-state index is 13.4. The number of ether oxygens (including phenoxy) is 1. The molecule has 238 valence electrons. The summed E-state index contributed by atoms with van der Waals surface area (Å²) in [6.45, 7) is -0.0396. The van der Waals surface area contributed by atoms with Crippen molar-refractivity contribution >= 4 is 23.8 Å². The molecule has 44 heavy (non-hydrogen) atoms. The van der Waals surface area contributed by atoms with E-state index in [1.165, 1.54) is 11.8 Å². The lowest BCUT2D eigenvalue weighted by molar-refractivity contribution is -0.170. The molecule has 2 aliphatic rings. The van der Waals surface area contributed by atoms with Gasteiger partial charge in [-0.05, 0) is 36.2 Å². The molecule has 4 amide bonds. The molecule has 2 aliphatic heterocycles. The number of hydrogen-bond acceptors (Lipinski definition) is 6. The summed E-state index contributed by atoms with van der Waals surface area (Å²) in [5.41, 5.74) is 2.44. The van der Waals surface area contributed by atoms with Crippen molar-refractivity contribution in [1.82, 2.24) is 20.0 Å². The maximum Gasteiger partial charge on any atom is 0.416 e. The second kappa shape index (κ2) is 12.7. The van der Waals surface area contributed by atoms with Crippen molar-refractivity contribution in [3.05, 3.63) is 70.8 Å². The molecule has 16 heteroatoms. The lowest BCUT2D eigenvalue weighted by Crippen LogP contribution is -2.75. The van der Waals surface area contributed by atoms with E-state index in [9.17, 15) is 45.5 Å². The standard InChI is InChI=1S/C28H29F6N5O5/c1-16-24(41)37(12-17-5-3-2-4-6-17)14-23-38(13-21(25(42)39(16)23)36-22(40)7-8-35)26(43)44-15-18-9-19(27(29,30)31)11-20(10-18)28(32,33)34/h2-6,9-11,16,21,23H,7-8,12-15,35H2,1H3,(H,36,40)/t16-,21-,23+/m0/s1. The number of rotatable bonds is 7. The van der Waals surface area contributed by atoms with Gasteiger partial charge in [-0.25, -0.2) is 4.79 Å². The molecule has 0 unspecified atom stereocenters. The minimum atomic E-state index is -5.10.